The third-order valence-electron chi connectivity index (χ3n) is 2.98. The van der Waals surface area contributed by atoms with E-state index in [1.807, 2.05) is 12.1 Å². The van der Waals surface area contributed by atoms with Crippen molar-refractivity contribution in [1.29, 1.82) is 0 Å². The largest absolute Gasteiger partial charge is 0.481 e. The first-order chi connectivity index (χ1) is 9.85. The van der Waals surface area contributed by atoms with Crippen molar-refractivity contribution in [2.45, 2.75) is 25.5 Å². The number of rotatable bonds is 6. The van der Waals surface area contributed by atoms with Crippen LogP contribution in [-0.4, -0.2) is 50.1 Å². The minimum atomic E-state index is -0.684. The van der Waals surface area contributed by atoms with Crippen LogP contribution in [-0.2, 0) is 20.7 Å². The first-order valence-corrected chi connectivity index (χ1v) is 6.65. The van der Waals surface area contributed by atoms with Crippen LogP contribution in [0, 0.1) is 0 Å². The van der Waals surface area contributed by atoms with E-state index in [0.29, 0.717) is 12.2 Å². The van der Waals surface area contributed by atoms with Crippen molar-refractivity contribution < 1.29 is 19.1 Å². The lowest BCUT2D eigenvalue weighted by atomic mass is 10.1. The summed E-state index contributed by atoms with van der Waals surface area (Å²) in [5.74, 6) is 0.0420. The molecule has 1 rings (SSSR count). The number of nitrogens with zero attached hydrogens (tertiary/aromatic N) is 1. The fourth-order valence-corrected chi connectivity index (χ4v) is 1.81. The number of ether oxygens (including phenoxy) is 2. The molecule has 0 aliphatic rings. The number of hydrogen-bond acceptors (Lipinski definition) is 5. The lowest BCUT2D eigenvalue weighted by Crippen LogP contribution is -2.35. The van der Waals surface area contributed by atoms with Gasteiger partial charge in [0.15, 0.2) is 6.10 Å². The van der Waals surface area contributed by atoms with Gasteiger partial charge in [0.05, 0.1) is 7.11 Å². The predicted molar refractivity (Wildman–Crippen MR) is 78.9 cm³/mol. The molecule has 0 bridgehead atoms. The molecule has 0 saturated heterocycles. The van der Waals surface area contributed by atoms with E-state index in [9.17, 15) is 9.59 Å². The summed E-state index contributed by atoms with van der Waals surface area (Å²) >= 11 is 0. The second kappa shape index (κ2) is 7.64. The number of nitrogens with two attached hydrogens (primary N) is 1. The van der Waals surface area contributed by atoms with Gasteiger partial charge in [-0.25, -0.2) is 0 Å². The summed E-state index contributed by atoms with van der Waals surface area (Å²) in [7, 11) is 4.67. The molecule has 1 aromatic carbocycles. The van der Waals surface area contributed by atoms with Gasteiger partial charge < -0.3 is 20.1 Å². The molecule has 1 aromatic rings. The van der Waals surface area contributed by atoms with Crippen LogP contribution in [0.4, 0.5) is 0 Å². The lowest BCUT2D eigenvalue weighted by Gasteiger charge is -2.18. The summed E-state index contributed by atoms with van der Waals surface area (Å²) in [6.07, 6.45) is -0.165. The molecule has 1 amide bonds. The minimum absolute atomic E-state index is 0.105. The van der Waals surface area contributed by atoms with Gasteiger partial charge in [-0.3, -0.25) is 9.59 Å². The van der Waals surface area contributed by atoms with Crippen molar-refractivity contribution in [2.75, 3.05) is 21.2 Å². The number of carbonyl (C=O) groups excluding carboxylic acids is 2. The van der Waals surface area contributed by atoms with E-state index in [0.717, 1.165) is 5.56 Å². The van der Waals surface area contributed by atoms with Gasteiger partial charge in [0.1, 0.15) is 11.8 Å². The van der Waals surface area contributed by atoms with E-state index in [2.05, 4.69) is 4.74 Å². The SMILES string of the molecule is COC(=O)C(N)Cc1ccc(OC(C)C(=O)N(C)C)cc1. The maximum atomic E-state index is 11.7. The Morgan fingerprint density at radius 2 is 1.81 bits per heavy atom. The first kappa shape index (κ1) is 17.0. The molecule has 0 radical (unpaired) electrons. The second-order valence-electron chi connectivity index (χ2n) is 4.97. The normalized spacial score (nSPS) is 13.2. The quantitative estimate of drug-likeness (QED) is 0.776. The van der Waals surface area contributed by atoms with E-state index in [1.165, 1.54) is 12.0 Å². The standard InChI is InChI=1S/C15H22N2O4/c1-10(14(18)17(2)3)21-12-7-5-11(6-8-12)9-13(16)15(19)20-4/h5-8,10,13H,9,16H2,1-4H3. The Hall–Kier alpha value is -2.08. The van der Waals surface area contributed by atoms with Crippen molar-refractivity contribution in [3.8, 4) is 5.75 Å². The zero-order valence-corrected chi connectivity index (χ0v) is 12.8. The van der Waals surface area contributed by atoms with E-state index in [4.69, 9.17) is 10.5 Å². The number of methoxy groups -OCH3 is 1. The van der Waals surface area contributed by atoms with Gasteiger partial charge in [-0.1, -0.05) is 12.1 Å². The molecular weight excluding hydrogens is 272 g/mol. The zero-order chi connectivity index (χ0) is 16.0. The summed E-state index contributed by atoms with van der Waals surface area (Å²) in [6.45, 7) is 1.70. The Morgan fingerprint density at radius 3 is 2.29 bits per heavy atom. The summed E-state index contributed by atoms with van der Waals surface area (Å²) in [5.41, 5.74) is 6.59. The highest BCUT2D eigenvalue weighted by Crippen LogP contribution is 2.15. The van der Waals surface area contributed by atoms with Crippen LogP contribution in [0.1, 0.15) is 12.5 Å². The van der Waals surface area contributed by atoms with Crippen molar-refractivity contribution in [3.63, 3.8) is 0 Å². The van der Waals surface area contributed by atoms with Gasteiger partial charge in [0.2, 0.25) is 0 Å². The Morgan fingerprint density at radius 1 is 1.24 bits per heavy atom. The predicted octanol–water partition coefficient (Wildman–Crippen LogP) is 0.585. The highest BCUT2D eigenvalue weighted by molar-refractivity contribution is 5.80. The fraction of sp³-hybridized carbons (Fsp3) is 0.467. The van der Waals surface area contributed by atoms with E-state index < -0.39 is 18.1 Å². The molecule has 0 aliphatic heterocycles. The summed E-state index contributed by atoms with van der Waals surface area (Å²) in [6, 6.07) is 6.43. The van der Waals surface area contributed by atoms with Crippen molar-refractivity contribution in [1.82, 2.24) is 4.90 Å². The van der Waals surface area contributed by atoms with Gasteiger partial charge >= 0.3 is 5.97 Å². The molecule has 21 heavy (non-hydrogen) atoms. The molecule has 0 saturated carbocycles. The van der Waals surface area contributed by atoms with Crippen molar-refractivity contribution in [2.24, 2.45) is 5.73 Å². The second-order valence-corrected chi connectivity index (χ2v) is 4.97. The molecule has 0 aliphatic carbocycles. The third kappa shape index (κ3) is 5.07. The topological polar surface area (TPSA) is 81.9 Å². The molecule has 116 valence electrons. The molecule has 2 atom stereocenters. The Labute approximate surface area is 124 Å². The fourth-order valence-electron chi connectivity index (χ4n) is 1.81. The number of carbonyl (C=O) groups is 2. The summed E-state index contributed by atoms with van der Waals surface area (Å²) in [5, 5.41) is 0. The maximum Gasteiger partial charge on any atom is 0.322 e. The van der Waals surface area contributed by atoms with Crippen LogP contribution in [0.25, 0.3) is 0 Å². The average Bonchev–Trinajstić information content (AvgIpc) is 2.47. The van der Waals surface area contributed by atoms with Crippen LogP contribution < -0.4 is 10.5 Å². The van der Waals surface area contributed by atoms with Gasteiger partial charge in [0, 0.05) is 14.1 Å². The molecule has 0 heterocycles. The van der Waals surface area contributed by atoms with Crippen LogP contribution in [0.15, 0.2) is 24.3 Å². The van der Waals surface area contributed by atoms with E-state index >= 15 is 0 Å². The molecular formula is C15H22N2O4. The summed E-state index contributed by atoms with van der Waals surface area (Å²) in [4.78, 5) is 24.4. The van der Waals surface area contributed by atoms with Gasteiger partial charge in [0.25, 0.3) is 5.91 Å². The molecule has 0 fully saturated rings. The van der Waals surface area contributed by atoms with Crippen molar-refractivity contribution in [3.05, 3.63) is 29.8 Å². The van der Waals surface area contributed by atoms with E-state index in [1.54, 1.807) is 33.2 Å². The van der Waals surface area contributed by atoms with Crippen LogP contribution >= 0.6 is 0 Å². The van der Waals surface area contributed by atoms with Crippen LogP contribution in [0.3, 0.4) is 0 Å². The lowest BCUT2D eigenvalue weighted by molar-refractivity contribution is -0.142. The maximum absolute atomic E-state index is 11.7. The molecule has 6 nitrogen and oxygen atoms in total. The van der Waals surface area contributed by atoms with Gasteiger partial charge in [-0.05, 0) is 31.0 Å². The number of hydrogen-bond donors (Lipinski definition) is 1. The number of amides is 1. The number of esters is 1. The number of likely N-dealkylation sites (N-methyl/N-ethyl adjacent to an activating group) is 1. The smallest absolute Gasteiger partial charge is 0.322 e. The molecule has 0 spiro atoms. The molecule has 2 N–H and O–H groups in total. The minimum Gasteiger partial charge on any atom is -0.481 e. The highest BCUT2D eigenvalue weighted by Gasteiger charge is 2.17. The monoisotopic (exact) mass is 294 g/mol. The van der Waals surface area contributed by atoms with Crippen LogP contribution in [0.5, 0.6) is 5.75 Å². The number of benzene rings is 1. The Bertz CT molecular complexity index is 485. The van der Waals surface area contributed by atoms with Crippen molar-refractivity contribution >= 4 is 11.9 Å². The van der Waals surface area contributed by atoms with Crippen LogP contribution in [0.2, 0.25) is 0 Å². The third-order valence-corrected chi connectivity index (χ3v) is 2.98. The average molecular weight is 294 g/mol. The molecule has 0 aromatic heterocycles. The zero-order valence-electron chi connectivity index (χ0n) is 12.8. The highest BCUT2D eigenvalue weighted by atomic mass is 16.5. The Balaban J connectivity index is 2.62. The Kier molecular flexibility index (Phi) is 6.17. The van der Waals surface area contributed by atoms with Gasteiger partial charge in [-0.15, -0.1) is 0 Å². The van der Waals surface area contributed by atoms with Gasteiger partial charge in [-0.2, -0.15) is 0 Å². The van der Waals surface area contributed by atoms with E-state index in [-0.39, 0.29) is 5.91 Å². The summed E-state index contributed by atoms with van der Waals surface area (Å²) < 4.78 is 10.1. The molecule has 6 heteroatoms. The first-order valence-electron chi connectivity index (χ1n) is 6.65. The molecule has 2 unspecified atom stereocenters.